The highest BCUT2D eigenvalue weighted by atomic mass is 32.2. The summed E-state index contributed by atoms with van der Waals surface area (Å²) in [6.45, 7) is 4.78. The molecule has 1 amide bonds. The van der Waals surface area contributed by atoms with Crippen LogP contribution in [0, 0.1) is 5.82 Å². The Kier molecular flexibility index (Phi) is 8.31. The molecule has 0 spiro atoms. The van der Waals surface area contributed by atoms with Crippen molar-refractivity contribution in [3.63, 3.8) is 0 Å². The highest BCUT2D eigenvalue weighted by molar-refractivity contribution is 7.90. The predicted octanol–water partition coefficient (Wildman–Crippen LogP) is 4.08. The number of thiocarbonyl (C=S) groups is 1. The van der Waals surface area contributed by atoms with E-state index in [-0.39, 0.29) is 17.8 Å². The Labute approximate surface area is 168 Å². The van der Waals surface area contributed by atoms with E-state index in [4.69, 9.17) is 17.0 Å². The fraction of sp³-hybridized carbons (Fsp3) is 0.579. The Balaban J connectivity index is 2.05. The second-order valence-electron chi connectivity index (χ2n) is 6.68. The molecule has 1 aliphatic rings. The van der Waals surface area contributed by atoms with Crippen molar-refractivity contribution in [3.05, 3.63) is 29.6 Å². The van der Waals surface area contributed by atoms with Crippen LogP contribution >= 0.6 is 12.2 Å². The number of rotatable bonds is 9. The highest BCUT2D eigenvalue weighted by Crippen LogP contribution is 2.30. The van der Waals surface area contributed by atoms with Crippen LogP contribution in [0.2, 0.25) is 0 Å². The second-order valence-corrected chi connectivity index (χ2v) is 8.78. The van der Waals surface area contributed by atoms with Gasteiger partial charge in [0.15, 0.2) is 0 Å². The van der Waals surface area contributed by atoms with Crippen LogP contribution in [-0.2, 0) is 15.9 Å². The molecule has 1 aromatic rings. The fourth-order valence-corrected chi connectivity index (χ4v) is 3.81. The van der Waals surface area contributed by atoms with E-state index in [1.165, 1.54) is 11.0 Å². The van der Waals surface area contributed by atoms with Crippen molar-refractivity contribution >= 4 is 40.2 Å². The number of halogens is 1. The number of hydrogen-bond donors (Lipinski definition) is 2. The molecule has 1 saturated heterocycles. The summed E-state index contributed by atoms with van der Waals surface area (Å²) < 4.78 is 29.6. The van der Waals surface area contributed by atoms with Crippen molar-refractivity contribution in [2.45, 2.75) is 45.1 Å². The van der Waals surface area contributed by atoms with E-state index in [0.29, 0.717) is 30.1 Å². The molecule has 150 valence electrons. The van der Waals surface area contributed by atoms with Gasteiger partial charge >= 0.3 is 6.09 Å². The maximum Gasteiger partial charge on any atom is 0.414 e. The number of nitrogens with zero attached hydrogens (tertiary/aromatic N) is 1. The molecular formula is C19H28FN2O3S2+. The van der Waals surface area contributed by atoms with Crippen LogP contribution < -0.4 is 10.2 Å². The molecule has 1 aromatic carbocycles. The van der Waals surface area contributed by atoms with Gasteiger partial charge in [-0.1, -0.05) is 32.1 Å². The van der Waals surface area contributed by atoms with Gasteiger partial charge in [0.25, 0.3) is 0 Å². The molecule has 0 saturated carbocycles. The maximum absolute atomic E-state index is 14.7. The first-order chi connectivity index (χ1) is 12.8. The number of benzene rings is 1. The van der Waals surface area contributed by atoms with Gasteiger partial charge in [0, 0.05) is 6.42 Å². The highest BCUT2D eigenvalue weighted by Gasteiger charge is 2.33. The molecule has 2 N–H and O–H groups in total. The molecule has 0 bridgehead atoms. The summed E-state index contributed by atoms with van der Waals surface area (Å²) in [6.07, 6.45) is 3.24. The third-order valence-electron chi connectivity index (χ3n) is 4.71. The number of cyclic esters (lactones) is 1. The van der Waals surface area contributed by atoms with Gasteiger partial charge in [-0.15, -0.1) is 0 Å². The number of nitrogens with one attached hydrogen (secondary N) is 1. The minimum Gasteiger partial charge on any atom is -0.442 e. The largest absolute Gasteiger partial charge is 0.442 e. The molecule has 0 aromatic heterocycles. The fourth-order valence-electron chi connectivity index (χ4n) is 3.10. The summed E-state index contributed by atoms with van der Waals surface area (Å²) in [7, 11) is 0. The van der Waals surface area contributed by atoms with E-state index in [0.717, 1.165) is 24.3 Å². The van der Waals surface area contributed by atoms with Crippen LogP contribution in [0.3, 0.4) is 0 Å². The third kappa shape index (κ3) is 6.05. The summed E-state index contributed by atoms with van der Waals surface area (Å²) in [6, 6.07) is 4.91. The molecule has 27 heavy (non-hydrogen) atoms. The molecule has 3 unspecified atom stereocenters. The number of amides is 1. The Hall–Kier alpha value is -1.38. The summed E-state index contributed by atoms with van der Waals surface area (Å²) in [5, 5.41) is 3.07. The molecule has 1 aliphatic heterocycles. The second kappa shape index (κ2) is 10.2. The van der Waals surface area contributed by atoms with Crippen molar-refractivity contribution in [1.82, 2.24) is 5.32 Å². The number of anilines is 1. The average Bonchev–Trinajstić information content (AvgIpc) is 3.01. The molecule has 0 radical (unpaired) electrons. The van der Waals surface area contributed by atoms with Gasteiger partial charge in [-0.25, -0.2) is 9.18 Å². The van der Waals surface area contributed by atoms with Crippen LogP contribution in [0.25, 0.3) is 0 Å². The van der Waals surface area contributed by atoms with Gasteiger partial charge in [-0.3, -0.25) is 4.90 Å². The van der Waals surface area contributed by atoms with Crippen molar-refractivity contribution in [1.29, 1.82) is 0 Å². The van der Waals surface area contributed by atoms with E-state index < -0.39 is 17.3 Å². The molecule has 1 heterocycles. The Bertz CT molecular complexity index is 672. The van der Waals surface area contributed by atoms with Gasteiger partial charge in [0.1, 0.15) is 35.1 Å². The van der Waals surface area contributed by atoms with E-state index in [1.54, 1.807) is 18.4 Å². The minimum atomic E-state index is -0.647. The van der Waals surface area contributed by atoms with Crippen LogP contribution in [0.15, 0.2) is 18.2 Å². The Morgan fingerprint density at radius 2 is 2.26 bits per heavy atom. The zero-order chi connectivity index (χ0) is 20.0. The van der Waals surface area contributed by atoms with E-state index >= 15 is 0 Å². The first kappa shape index (κ1) is 21.9. The summed E-state index contributed by atoms with van der Waals surface area (Å²) >= 11 is 4.47. The first-order valence-electron chi connectivity index (χ1n) is 9.21. The SMILES string of the molecule is CCC(=S)NCC1CN(c2ccc(C(CC)CC[S+](C)O)c(F)c2)C(=O)O1. The number of hydrogen-bond acceptors (Lipinski definition) is 4. The number of ether oxygens (including phenoxy) is 1. The predicted molar refractivity (Wildman–Crippen MR) is 113 cm³/mol. The lowest BCUT2D eigenvalue weighted by atomic mass is 9.93. The molecule has 8 heteroatoms. The summed E-state index contributed by atoms with van der Waals surface area (Å²) in [4.78, 5) is 14.3. The monoisotopic (exact) mass is 415 g/mol. The van der Waals surface area contributed by atoms with Crippen molar-refractivity contribution in [2.75, 3.05) is 30.0 Å². The average molecular weight is 416 g/mol. The van der Waals surface area contributed by atoms with Crippen molar-refractivity contribution in [2.24, 2.45) is 0 Å². The first-order valence-corrected chi connectivity index (χ1v) is 11.4. The van der Waals surface area contributed by atoms with Gasteiger partial charge in [-0.2, -0.15) is 4.55 Å². The Morgan fingerprint density at radius 3 is 2.85 bits per heavy atom. The van der Waals surface area contributed by atoms with Gasteiger partial charge in [0.05, 0.1) is 23.8 Å². The number of carbonyl (C=O) groups is 1. The quantitative estimate of drug-likeness (QED) is 0.470. The van der Waals surface area contributed by atoms with Crippen LogP contribution in [0.5, 0.6) is 0 Å². The zero-order valence-corrected chi connectivity index (χ0v) is 17.7. The summed E-state index contributed by atoms with van der Waals surface area (Å²) in [5.41, 5.74) is 1.12. The van der Waals surface area contributed by atoms with Crippen molar-refractivity contribution in [3.8, 4) is 0 Å². The molecule has 1 fully saturated rings. The molecule has 5 nitrogen and oxygen atoms in total. The van der Waals surface area contributed by atoms with Gasteiger partial charge in [0.2, 0.25) is 0 Å². The molecule has 0 aliphatic carbocycles. The smallest absolute Gasteiger partial charge is 0.414 e. The summed E-state index contributed by atoms with van der Waals surface area (Å²) in [5.74, 6) is 0.389. The third-order valence-corrected chi connectivity index (χ3v) is 5.97. The maximum atomic E-state index is 14.7. The lowest BCUT2D eigenvalue weighted by Crippen LogP contribution is -2.33. The zero-order valence-electron chi connectivity index (χ0n) is 16.0. The number of carbonyl (C=O) groups excluding carboxylic acids is 1. The molecule has 3 atom stereocenters. The van der Waals surface area contributed by atoms with Gasteiger partial charge < -0.3 is 10.1 Å². The minimum absolute atomic E-state index is 0.0543. The van der Waals surface area contributed by atoms with Crippen LogP contribution in [-0.4, -0.2) is 46.8 Å². The molecular weight excluding hydrogens is 387 g/mol. The topological polar surface area (TPSA) is 61.8 Å². The molecule has 2 rings (SSSR count). The van der Waals surface area contributed by atoms with Crippen molar-refractivity contribution < 1.29 is 18.5 Å². The van der Waals surface area contributed by atoms with Gasteiger partial charge in [-0.05, 0) is 36.5 Å². The van der Waals surface area contributed by atoms with Crippen LogP contribution in [0.1, 0.15) is 44.6 Å². The normalized spacial score (nSPS) is 18.9. The Morgan fingerprint density at radius 1 is 1.52 bits per heavy atom. The van der Waals surface area contributed by atoms with E-state index in [9.17, 15) is 13.7 Å². The lowest BCUT2D eigenvalue weighted by molar-refractivity contribution is 0.143. The van der Waals surface area contributed by atoms with Crippen LogP contribution in [0.4, 0.5) is 14.9 Å². The van der Waals surface area contributed by atoms with E-state index in [2.05, 4.69) is 5.32 Å². The van der Waals surface area contributed by atoms with E-state index in [1.807, 2.05) is 13.8 Å². The standard InChI is InChI=1S/C19H27FN2O3S2/c1-4-13(8-9-27(3)24)16-7-6-14(10-17(16)20)22-12-15(25-19(22)23)11-21-18(26)5-2/h6-7,10,13,15,24H,4-5,8-9,11-12H2,1-3H3/p+1. The lowest BCUT2D eigenvalue weighted by Gasteiger charge is -2.18.